The zero-order valence-electron chi connectivity index (χ0n) is 13.7. The molecule has 0 spiro atoms. The van der Waals surface area contributed by atoms with Gasteiger partial charge in [-0.25, -0.2) is 0 Å². The Labute approximate surface area is 128 Å². The van der Waals surface area contributed by atoms with Crippen LogP contribution in [0.2, 0.25) is 0 Å². The highest BCUT2D eigenvalue weighted by molar-refractivity contribution is 5.77. The number of rotatable bonds is 8. The van der Waals surface area contributed by atoms with Crippen LogP contribution >= 0.6 is 0 Å². The maximum atomic E-state index is 11.8. The Morgan fingerprint density at radius 2 is 1.62 bits per heavy atom. The third-order valence-electron chi connectivity index (χ3n) is 3.94. The first kappa shape index (κ1) is 17.5. The molecule has 21 heavy (non-hydrogen) atoms. The van der Waals surface area contributed by atoms with E-state index in [1.807, 2.05) is 19.1 Å². The lowest BCUT2D eigenvalue weighted by molar-refractivity contribution is -0.141. The van der Waals surface area contributed by atoms with E-state index in [0.29, 0.717) is 5.75 Å². The molecule has 0 amide bonds. The summed E-state index contributed by atoms with van der Waals surface area (Å²) < 4.78 is 4.84. The Bertz CT molecular complexity index is 437. The first-order valence-corrected chi connectivity index (χ1v) is 7.97. The molecule has 0 aromatic heterocycles. The maximum Gasteiger partial charge on any atom is 0.312 e. The zero-order valence-corrected chi connectivity index (χ0v) is 13.7. The summed E-state index contributed by atoms with van der Waals surface area (Å²) in [7, 11) is 1.41. The van der Waals surface area contributed by atoms with Gasteiger partial charge < -0.3 is 9.84 Å². The minimum atomic E-state index is -0.295. The van der Waals surface area contributed by atoms with Crippen molar-refractivity contribution in [2.45, 2.75) is 65.2 Å². The quantitative estimate of drug-likeness (QED) is 0.724. The molecule has 0 bridgehead atoms. The molecule has 0 aliphatic carbocycles. The second kappa shape index (κ2) is 8.71. The molecule has 1 unspecified atom stereocenters. The lowest BCUT2D eigenvalue weighted by Crippen LogP contribution is -2.11. The third kappa shape index (κ3) is 4.76. The molecular formula is C18H28O3. The highest BCUT2D eigenvalue weighted by atomic mass is 16.5. The summed E-state index contributed by atoms with van der Waals surface area (Å²) >= 11 is 0. The van der Waals surface area contributed by atoms with Crippen molar-refractivity contribution >= 4 is 5.97 Å². The zero-order chi connectivity index (χ0) is 15.8. The molecule has 0 radical (unpaired) electrons. The number of carbonyl (C=O) groups is 1. The van der Waals surface area contributed by atoms with Gasteiger partial charge in [-0.15, -0.1) is 0 Å². The fourth-order valence-corrected chi connectivity index (χ4v) is 2.47. The number of unbranched alkanes of at least 4 members (excludes halogenated alkanes) is 2. The lowest BCUT2D eigenvalue weighted by atomic mass is 9.92. The monoisotopic (exact) mass is 292 g/mol. The van der Waals surface area contributed by atoms with Gasteiger partial charge in [-0.05, 0) is 49.3 Å². The van der Waals surface area contributed by atoms with Crippen LogP contribution in [0.3, 0.4) is 0 Å². The van der Waals surface area contributed by atoms with E-state index in [4.69, 9.17) is 4.74 Å². The Morgan fingerprint density at radius 1 is 1.14 bits per heavy atom. The molecule has 0 saturated carbocycles. The van der Waals surface area contributed by atoms with E-state index < -0.39 is 0 Å². The predicted molar refractivity (Wildman–Crippen MR) is 85.8 cm³/mol. The lowest BCUT2D eigenvalue weighted by Gasteiger charge is -2.16. The highest BCUT2D eigenvalue weighted by Gasteiger charge is 2.19. The van der Waals surface area contributed by atoms with Gasteiger partial charge in [0.2, 0.25) is 0 Å². The van der Waals surface area contributed by atoms with Crippen LogP contribution in [-0.2, 0) is 22.4 Å². The van der Waals surface area contributed by atoms with Crippen LogP contribution in [0.4, 0.5) is 0 Å². The van der Waals surface area contributed by atoms with Crippen molar-refractivity contribution in [1.29, 1.82) is 0 Å². The van der Waals surface area contributed by atoms with Crippen LogP contribution in [0.25, 0.3) is 0 Å². The number of hydrogen-bond donors (Lipinski definition) is 1. The van der Waals surface area contributed by atoms with E-state index in [1.54, 1.807) is 0 Å². The summed E-state index contributed by atoms with van der Waals surface area (Å²) in [4.78, 5) is 11.8. The van der Waals surface area contributed by atoms with Gasteiger partial charge >= 0.3 is 5.97 Å². The average molecular weight is 292 g/mol. The number of aryl methyl sites for hydroxylation is 2. The van der Waals surface area contributed by atoms with Crippen LogP contribution in [0, 0.1) is 0 Å². The van der Waals surface area contributed by atoms with Crippen LogP contribution in [0.5, 0.6) is 5.75 Å². The van der Waals surface area contributed by atoms with Crippen molar-refractivity contribution in [1.82, 2.24) is 0 Å². The summed E-state index contributed by atoms with van der Waals surface area (Å²) in [5, 5.41) is 10.4. The molecule has 1 N–H and O–H groups in total. The number of aromatic hydroxyl groups is 1. The van der Waals surface area contributed by atoms with E-state index >= 15 is 0 Å². The summed E-state index contributed by atoms with van der Waals surface area (Å²) in [5.74, 6) is -0.113. The number of esters is 1. The summed E-state index contributed by atoms with van der Waals surface area (Å²) in [5.41, 5.74) is 2.85. The third-order valence-corrected chi connectivity index (χ3v) is 3.94. The van der Waals surface area contributed by atoms with Gasteiger partial charge in [0, 0.05) is 0 Å². The predicted octanol–water partition coefficient (Wildman–Crippen LogP) is 4.35. The summed E-state index contributed by atoms with van der Waals surface area (Å²) in [6.45, 7) is 6.12. The van der Waals surface area contributed by atoms with Crippen LogP contribution < -0.4 is 0 Å². The van der Waals surface area contributed by atoms with Gasteiger partial charge in [-0.1, -0.05) is 38.8 Å². The van der Waals surface area contributed by atoms with Gasteiger partial charge in [-0.2, -0.15) is 0 Å². The number of methoxy groups -OCH3 is 1. The first-order chi connectivity index (χ1) is 10.0. The molecule has 3 heteroatoms. The Balaban J connectivity index is 3.14. The summed E-state index contributed by atoms with van der Waals surface area (Å²) in [6, 6.07) is 3.92. The van der Waals surface area contributed by atoms with Crippen molar-refractivity contribution < 1.29 is 14.6 Å². The molecule has 3 nitrogen and oxygen atoms in total. The smallest absolute Gasteiger partial charge is 0.312 e. The fourth-order valence-electron chi connectivity index (χ4n) is 2.47. The Morgan fingerprint density at radius 3 is 2.00 bits per heavy atom. The van der Waals surface area contributed by atoms with Crippen molar-refractivity contribution in [2.75, 3.05) is 7.11 Å². The average Bonchev–Trinajstić information content (AvgIpc) is 2.51. The minimum absolute atomic E-state index is 0.233. The number of benzene rings is 1. The van der Waals surface area contributed by atoms with Gasteiger partial charge in [-0.3, -0.25) is 4.79 Å². The SMILES string of the molecule is CCCCc1cc(C(C)C(=O)OC)cc(CCCC)c1O. The topological polar surface area (TPSA) is 46.5 Å². The normalized spacial score (nSPS) is 12.2. The van der Waals surface area contributed by atoms with Gasteiger partial charge in [0.1, 0.15) is 5.75 Å². The van der Waals surface area contributed by atoms with Crippen molar-refractivity contribution in [2.24, 2.45) is 0 Å². The fraction of sp³-hybridized carbons (Fsp3) is 0.611. The molecule has 0 aliphatic rings. The molecule has 0 saturated heterocycles. The molecule has 0 heterocycles. The number of carbonyl (C=O) groups excluding carboxylic acids is 1. The van der Waals surface area contributed by atoms with Crippen LogP contribution in [0.15, 0.2) is 12.1 Å². The molecule has 0 aliphatic heterocycles. The molecule has 1 rings (SSSR count). The van der Waals surface area contributed by atoms with Crippen LogP contribution in [0.1, 0.15) is 69.1 Å². The maximum absolute atomic E-state index is 11.8. The second-order valence-corrected chi connectivity index (χ2v) is 5.64. The molecular weight excluding hydrogens is 264 g/mol. The highest BCUT2D eigenvalue weighted by Crippen LogP contribution is 2.31. The van der Waals surface area contributed by atoms with E-state index in [-0.39, 0.29) is 11.9 Å². The van der Waals surface area contributed by atoms with Crippen molar-refractivity contribution in [3.05, 3.63) is 28.8 Å². The minimum Gasteiger partial charge on any atom is -0.507 e. The van der Waals surface area contributed by atoms with Crippen LogP contribution in [-0.4, -0.2) is 18.2 Å². The van der Waals surface area contributed by atoms with Gasteiger partial charge in [0.25, 0.3) is 0 Å². The van der Waals surface area contributed by atoms with E-state index in [1.165, 1.54) is 7.11 Å². The molecule has 1 atom stereocenters. The second-order valence-electron chi connectivity index (χ2n) is 5.64. The number of ether oxygens (including phenoxy) is 1. The molecule has 1 aromatic rings. The Hall–Kier alpha value is -1.51. The van der Waals surface area contributed by atoms with E-state index in [2.05, 4.69) is 13.8 Å². The summed E-state index contributed by atoms with van der Waals surface area (Å²) in [6.07, 6.45) is 5.95. The number of phenolic OH excluding ortho intramolecular Hbond substituents is 1. The molecule has 1 aromatic carbocycles. The molecule has 118 valence electrons. The van der Waals surface area contributed by atoms with Crippen molar-refractivity contribution in [3.8, 4) is 5.75 Å². The largest absolute Gasteiger partial charge is 0.507 e. The van der Waals surface area contributed by atoms with E-state index in [9.17, 15) is 9.90 Å². The number of phenols is 1. The first-order valence-electron chi connectivity index (χ1n) is 7.97. The standard InChI is InChI=1S/C18H28O3/c1-5-7-9-14-11-16(13(3)18(20)21-4)12-15(17(14)19)10-8-6-2/h11-13,19H,5-10H2,1-4H3. The molecule has 0 fully saturated rings. The van der Waals surface area contributed by atoms with Gasteiger partial charge in [0.05, 0.1) is 13.0 Å². The van der Waals surface area contributed by atoms with E-state index in [0.717, 1.165) is 55.2 Å². The van der Waals surface area contributed by atoms with Gasteiger partial charge in [0.15, 0.2) is 0 Å². The van der Waals surface area contributed by atoms with Crippen molar-refractivity contribution in [3.63, 3.8) is 0 Å². The Kier molecular flexibility index (Phi) is 7.27. The number of hydrogen-bond acceptors (Lipinski definition) is 3.